The number of aryl methyl sites for hydroxylation is 1. The van der Waals surface area contributed by atoms with Crippen molar-refractivity contribution in [3.05, 3.63) is 39.9 Å². The smallest absolute Gasteiger partial charge is 0.205 e. The Labute approximate surface area is 121 Å². The maximum atomic E-state index is 10.5. The number of rotatable bonds is 1. The van der Waals surface area contributed by atoms with E-state index in [0.717, 1.165) is 29.5 Å². The predicted octanol–water partition coefficient (Wildman–Crippen LogP) is 3.76. The number of aromatic nitrogens is 1. The van der Waals surface area contributed by atoms with Crippen LogP contribution in [-0.2, 0) is 4.74 Å². The molecule has 0 spiro atoms. The number of benzene rings is 1. The molecule has 5 heteroatoms. The number of halogens is 1. The Morgan fingerprint density at radius 1 is 1.15 bits per heavy atom. The predicted molar refractivity (Wildman–Crippen MR) is 74.6 cm³/mol. The molecule has 2 atom stereocenters. The van der Waals surface area contributed by atoms with Gasteiger partial charge in [-0.3, -0.25) is 4.57 Å². The van der Waals surface area contributed by atoms with Crippen LogP contribution in [0, 0.1) is 6.92 Å². The molecule has 3 heterocycles. The number of ether oxygens (including phenoxy) is 1. The van der Waals surface area contributed by atoms with Crippen LogP contribution in [0.25, 0.3) is 5.69 Å². The molecule has 1 aromatic carbocycles. The molecule has 0 radical (unpaired) electrons. The van der Waals surface area contributed by atoms with Gasteiger partial charge in [-0.25, -0.2) is 0 Å². The van der Waals surface area contributed by atoms with Crippen LogP contribution in [0.4, 0.5) is 0 Å². The van der Waals surface area contributed by atoms with Gasteiger partial charge in [-0.15, -0.1) is 0 Å². The van der Waals surface area contributed by atoms with Crippen LogP contribution in [0.1, 0.15) is 41.7 Å². The quantitative estimate of drug-likeness (QED) is 0.841. The van der Waals surface area contributed by atoms with E-state index in [2.05, 4.69) is 0 Å². The van der Waals surface area contributed by atoms with E-state index in [1.54, 1.807) is 12.1 Å². The standard InChI is InChI=1S/C15H14ClNO3/c1-7-6-8(2-3-9(7)16)17-14(18)12-10-4-5-11(20-10)13(12)15(17)19/h2-3,6,10-11,18-19H,4-5H2,1H3. The summed E-state index contributed by atoms with van der Waals surface area (Å²) in [5.74, 6) is 0.151. The highest BCUT2D eigenvalue weighted by molar-refractivity contribution is 6.31. The minimum Gasteiger partial charge on any atom is -0.494 e. The fourth-order valence-corrected chi connectivity index (χ4v) is 3.41. The Hall–Kier alpha value is -1.65. The fourth-order valence-electron chi connectivity index (χ4n) is 3.29. The second-order valence-corrected chi connectivity index (χ2v) is 5.84. The van der Waals surface area contributed by atoms with E-state index in [1.165, 1.54) is 4.57 Å². The van der Waals surface area contributed by atoms with Crippen molar-refractivity contribution in [2.24, 2.45) is 0 Å². The van der Waals surface area contributed by atoms with Gasteiger partial charge >= 0.3 is 0 Å². The second-order valence-electron chi connectivity index (χ2n) is 5.43. The first-order valence-corrected chi connectivity index (χ1v) is 7.04. The van der Waals surface area contributed by atoms with Gasteiger partial charge in [-0.05, 0) is 43.5 Å². The summed E-state index contributed by atoms with van der Waals surface area (Å²) in [5.41, 5.74) is 3.09. The maximum Gasteiger partial charge on any atom is 0.205 e. The molecule has 4 nitrogen and oxygen atoms in total. The summed E-state index contributed by atoms with van der Waals surface area (Å²) in [6.07, 6.45) is 1.62. The third-order valence-corrected chi connectivity index (χ3v) is 4.68. The average Bonchev–Trinajstić information content (AvgIpc) is 3.08. The highest BCUT2D eigenvalue weighted by Gasteiger charge is 2.45. The van der Waals surface area contributed by atoms with Crippen molar-refractivity contribution in [1.82, 2.24) is 4.57 Å². The normalized spacial score (nSPS) is 23.3. The monoisotopic (exact) mass is 291 g/mol. The van der Waals surface area contributed by atoms with Gasteiger partial charge in [0.2, 0.25) is 11.8 Å². The van der Waals surface area contributed by atoms with E-state index >= 15 is 0 Å². The number of aromatic hydroxyl groups is 2. The number of fused-ring (bicyclic) bond motifs is 5. The van der Waals surface area contributed by atoms with Crippen molar-refractivity contribution in [1.29, 1.82) is 0 Å². The Bertz CT molecular complexity index is 689. The first-order valence-electron chi connectivity index (χ1n) is 6.66. The van der Waals surface area contributed by atoms with Gasteiger partial charge < -0.3 is 14.9 Å². The number of hydrogen-bond acceptors (Lipinski definition) is 3. The maximum absolute atomic E-state index is 10.5. The largest absolute Gasteiger partial charge is 0.494 e. The van der Waals surface area contributed by atoms with Gasteiger partial charge in [0, 0.05) is 5.02 Å². The molecule has 2 aromatic rings. The molecule has 2 aliphatic rings. The first-order chi connectivity index (χ1) is 9.58. The lowest BCUT2D eigenvalue weighted by Gasteiger charge is -2.11. The number of nitrogens with zero attached hydrogens (tertiary/aromatic N) is 1. The second kappa shape index (κ2) is 3.93. The molecular formula is C15H14ClNO3. The molecule has 20 heavy (non-hydrogen) atoms. The number of hydrogen-bond donors (Lipinski definition) is 2. The third kappa shape index (κ3) is 1.41. The molecule has 0 saturated carbocycles. The topological polar surface area (TPSA) is 54.6 Å². The lowest BCUT2D eigenvalue weighted by atomic mass is 9.95. The van der Waals surface area contributed by atoms with Gasteiger partial charge in [0.15, 0.2) is 0 Å². The van der Waals surface area contributed by atoms with Gasteiger partial charge in [0.05, 0.1) is 29.0 Å². The van der Waals surface area contributed by atoms with Crippen LogP contribution in [0.2, 0.25) is 5.02 Å². The van der Waals surface area contributed by atoms with E-state index in [0.29, 0.717) is 10.7 Å². The Morgan fingerprint density at radius 2 is 1.75 bits per heavy atom. The molecule has 104 valence electrons. The van der Waals surface area contributed by atoms with Crippen LogP contribution < -0.4 is 0 Å². The molecule has 1 fully saturated rings. The van der Waals surface area contributed by atoms with Crippen molar-refractivity contribution in [2.75, 3.05) is 0 Å². The summed E-state index contributed by atoms with van der Waals surface area (Å²) in [6, 6.07) is 5.40. The molecule has 2 unspecified atom stereocenters. The van der Waals surface area contributed by atoms with E-state index in [4.69, 9.17) is 16.3 Å². The zero-order valence-corrected chi connectivity index (χ0v) is 11.7. The van der Waals surface area contributed by atoms with Gasteiger partial charge in [-0.2, -0.15) is 0 Å². The Kier molecular flexibility index (Phi) is 2.38. The van der Waals surface area contributed by atoms with Crippen molar-refractivity contribution in [2.45, 2.75) is 32.0 Å². The molecule has 1 saturated heterocycles. The molecular weight excluding hydrogens is 278 g/mol. The minimum absolute atomic E-state index is 0.0754. The van der Waals surface area contributed by atoms with Crippen molar-refractivity contribution in [3.63, 3.8) is 0 Å². The van der Waals surface area contributed by atoms with E-state index in [9.17, 15) is 10.2 Å². The zero-order valence-electron chi connectivity index (χ0n) is 10.9. The van der Waals surface area contributed by atoms with Crippen LogP contribution in [0.5, 0.6) is 11.8 Å². The van der Waals surface area contributed by atoms with Gasteiger partial charge in [0.25, 0.3) is 0 Å². The third-order valence-electron chi connectivity index (χ3n) is 4.26. The molecule has 0 aliphatic carbocycles. The SMILES string of the molecule is Cc1cc(-n2c(O)c3c(c2O)C2CCC3O2)ccc1Cl. The van der Waals surface area contributed by atoms with Gasteiger partial charge in [-0.1, -0.05) is 11.6 Å². The van der Waals surface area contributed by atoms with Crippen molar-refractivity contribution in [3.8, 4) is 17.4 Å². The molecule has 1 aromatic heterocycles. The molecule has 2 N–H and O–H groups in total. The van der Waals surface area contributed by atoms with E-state index in [-0.39, 0.29) is 24.0 Å². The van der Waals surface area contributed by atoms with Crippen LogP contribution in [0.3, 0.4) is 0 Å². The molecule has 2 bridgehead atoms. The van der Waals surface area contributed by atoms with E-state index < -0.39 is 0 Å². The zero-order chi connectivity index (χ0) is 14.0. The lowest BCUT2D eigenvalue weighted by Crippen LogP contribution is -1.96. The molecule has 4 rings (SSSR count). The fraction of sp³-hybridized carbons (Fsp3) is 0.333. The first kappa shape index (κ1) is 12.1. The highest BCUT2D eigenvalue weighted by atomic mass is 35.5. The van der Waals surface area contributed by atoms with Crippen molar-refractivity contribution >= 4 is 11.6 Å². The molecule has 2 aliphatic heterocycles. The Balaban J connectivity index is 1.94. The summed E-state index contributed by atoms with van der Waals surface area (Å²) in [7, 11) is 0. The average molecular weight is 292 g/mol. The van der Waals surface area contributed by atoms with Crippen LogP contribution >= 0.6 is 11.6 Å². The Morgan fingerprint density at radius 3 is 2.30 bits per heavy atom. The summed E-state index contributed by atoms with van der Waals surface area (Å²) in [6.45, 7) is 1.89. The lowest BCUT2D eigenvalue weighted by molar-refractivity contribution is 0.0683. The minimum atomic E-state index is -0.0875. The highest BCUT2D eigenvalue weighted by Crippen LogP contribution is 2.58. The molecule has 0 amide bonds. The summed E-state index contributed by atoms with van der Waals surface area (Å²) in [5, 5.41) is 21.6. The van der Waals surface area contributed by atoms with Crippen molar-refractivity contribution < 1.29 is 14.9 Å². The van der Waals surface area contributed by atoms with E-state index in [1.807, 2.05) is 13.0 Å². The summed E-state index contributed by atoms with van der Waals surface area (Å²) >= 11 is 6.02. The van der Waals surface area contributed by atoms with Crippen LogP contribution in [0.15, 0.2) is 18.2 Å². The summed E-state index contributed by atoms with van der Waals surface area (Å²) in [4.78, 5) is 0. The summed E-state index contributed by atoms with van der Waals surface area (Å²) < 4.78 is 7.20. The van der Waals surface area contributed by atoms with Crippen LogP contribution in [-0.4, -0.2) is 14.8 Å². The van der Waals surface area contributed by atoms with Gasteiger partial charge in [0.1, 0.15) is 0 Å².